The molecule has 0 saturated heterocycles. The fourth-order valence-electron chi connectivity index (χ4n) is 3.18. The van der Waals surface area contributed by atoms with Crippen molar-refractivity contribution in [1.82, 2.24) is 0 Å². The fraction of sp³-hybridized carbons (Fsp3) is 0.545. The summed E-state index contributed by atoms with van der Waals surface area (Å²) in [7, 11) is 0. The highest BCUT2D eigenvalue weighted by Crippen LogP contribution is 2.35. The first-order valence-electron chi connectivity index (χ1n) is 9.22. The third-order valence-electron chi connectivity index (χ3n) is 4.96. The van der Waals surface area contributed by atoms with Gasteiger partial charge in [0.05, 0.1) is 0 Å². The Labute approximate surface area is 167 Å². The third-order valence-corrected chi connectivity index (χ3v) is 4.96. The Morgan fingerprint density at radius 2 is 0.964 bits per heavy atom. The van der Waals surface area contributed by atoms with E-state index in [-0.39, 0.29) is 11.1 Å². The Bertz CT molecular complexity index is 764. The molecule has 0 radical (unpaired) electrons. The van der Waals surface area contributed by atoms with Crippen LogP contribution in [0.3, 0.4) is 0 Å². The second-order valence-corrected chi connectivity index (χ2v) is 9.47. The summed E-state index contributed by atoms with van der Waals surface area (Å²) >= 11 is 0. The number of carbonyl (C=O) groups excluding carboxylic acids is 4. The summed E-state index contributed by atoms with van der Waals surface area (Å²) in [5, 5.41) is 0. The lowest BCUT2D eigenvalue weighted by molar-refractivity contribution is -0.140. The van der Waals surface area contributed by atoms with Crippen molar-refractivity contribution in [3.63, 3.8) is 0 Å². The van der Waals surface area contributed by atoms with Crippen LogP contribution in [0.4, 0.5) is 0 Å². The molecule has 0 heterocycles. The second-order valence-electron chi connectivity index (χ2n) is 9.47. The van der Waals surface area contributed by atoms with E-state index in [1.54, 1.807) is 47.6 Å². The molecule has 0 fully saturated rings. The molecule has 0 aromatic heterocycles. The van der Waals surface area contributed by atoms with Crippen LogP contribution in [0.25, 0.3) is 0 Å². The summed E-state index contributed by atoms with van der Waals surface area (Å²) in [4.78, 5) is 50.9. The minimum Gasteiger partial charge on any atom is -0.309 e. The van der Waals surface area contributed by atoms with Crippen molar-refractivity contribution >= 4 is 23.1 Å². The number of benzene rings is 1. The molecule has 0 amide bonds. The summed E-state index contributed by atoms with van der Waals surface area (Å²) in [6.07, 6.45) is 0. The van der Waals surface area contributed by atoms with Crippen LogP contribution in [0.5, 0.6) is 0 Å². The molecule has 28 heavy (non-hydrogen) atoms. The molecule has 154 valence electrons. The van der Waals surface area contributed by atoms with E-state index < -0.39 is 45.0 Å². The lowest BCUT2D eigenvalue weighted by atomic mass is 9.70. The zero-order chi connectivity index (χ0) is 22.3. The molecule has 1 rings (SSSR count). The standard InChI is InChI=1S/C22H32N2O4/c1-13(25)21(23,17(27)19(3,4)5)15-10-9-11-16(12-15)22(24,14(2)26)18(28)20(6,7)8/h9-12H,23-24H2,1-8H3. The van der Waals surface area contributed by atoms with Gasteiger partial charge in [0.1, 0.15) is 0 Å². The number of nitrogens with two attached hydrogens (primary N) is 2. The van der Waals surface area contributed by atoms with E-state index in [1.807, 2.05) is 0 Å². The molecule has 0 aliphatic carbocycles. The largest absolute Gasteiger partial charge is 0.309 e. The molecule has 4 N–H and O–H groups in total. The first kappa shape index (κ1) is 23.9. The highest BCUT2D eigenvalue weighted by Gasteiger charge is 2.49. The van der Waals surface area contributed by atoms with Crippen LogP contribution in [0.15, 0.2) is 24.3 Å². The van der Waals surface area contributed by atoms with Gasteiger partial charge in [0.15, 0.2) is 34.2 Å². The monoisotopic (exact) mass is 388 g/mol. The van der Waals surface area contributed by atoms with E-state index in [9.17, 15) is 19.2 Å². The highest BCUT2D eigenvalue weighted by atomic mass is 16.2. The van der Waals surface area contributed by atoms with Crippen molar-refractivity contribution in [2.24, 2.45) is 22.3 Å². The van der Waals surface area contributed by atoms with E-state index in [0.717, 1.165) is 0 Å². The summed E-state index contributed by atoms with van der Waals surface area (Å²) < 4.78 is 0. The number of Topliss-reactive ketones (excluding diaryl/α,β-unsaturated/α-hetero) is 4. The zero-order valence-corrected chi connectivity index (χ0v) is 18.1. The molecule has 0 bridgehead atoms. The molecule has 2 unspecified atom stereocenters. The van der Waals surface area contributed by atoms with E-state index >= 15 is 0 Å². The van der Waals surface area contributed by atoms with Crippen LogP contribution in [0.2, 0.25) is 0 Å². The van der Waals surface area contributed by atoms with E-state index in [2.05, 4.69) is 0 Å². The highest BCUT2D eigenvalue weighted by molar-refractivity contribution is 6.14. The van der Waals surface area contributed by atoms with Crippen LogP contribution >= 0.6 is 0 Å². The van der Waals surface area contributed by atoms with Crippen LogP contribution < -0.4 is 11.5 Å². The smallest absolute Gasteiger partial charge is 0.170 e. The van der Waals surface area contributed by atoms with Crippen molar-refractivity contribution in [3.05, 3.63) is 35.4 Å². The predicted octanol–water partition coefficient (Wildman–Crippen LogP) is 2.40. The van der Waals surface area contributed by atoms with Gasteiger partial charge in [-0.1, -0.05) is 65.8 Å². The van der Waals surface area contributed by atoms with Crippen molar-refractivity contribution < 1.29 is 19.2 Å². The average molecular weight is 389 g/mol. The summed E-state index contributed by atoms with van der Waals surface area (Å²) in [6.45, 7) is 12.6. The minimum absolute atomic E-state index is 0.204. The lowest BCUT2D eigenvalue weighted by Crippen LogP contribution is -2.56. The van der Waals surface area contributed by atoms with Gasteiger partial charge in [-0.3, -0.25) is 19.2 Å². The quantitative estimate of drug-likeness (QED) is 0.722. The maximum atomic E-state index is 13.0. The molecule has 0 spiro atoms. The van der Waals surface area contributed by atoms with Crippen LogP contribution in [0, 0.1) is 10.8 Å². The predicted molar refractivity (Wildman–Crippen MR) is 108 cm³/mol. The zero-order valence-electron chi connectivity index (χ0n) is 18.1. The Hall–Kier alpha value is -2.18. The van der Waals surface area contributed by atoms with E-state index in [0.29, 0.717) is 0 Å². The average Bonchev–Trinajstić information content (AvgIpc) is 2.56. The van der Waals surface area contributed by atoms with Gasteiger partial charge in [-0.2, -0.15) is 0 Å². The van der Waals surface area contributed by atoms with Crippen LogP contribution in [-0.2, 0) is 30.3 Å². The molecular weight excluding hydrogens is 356 g/mol. The van der Waals surface area contributed by atoms with Crippen molar-refractivity contribution in [2.75, 3.05) is 0 Å². The Morgan fingerprint density at radius 3 is 1.18 bits per heavy atom. The molecular formula is C22H32N2O4. The third kappa shape index (κ3) is 3.98. The normalized spacial score (nSPS) is 16.6. The van der Waals surface area contributed by atoms with Gasteiger partial charge in [0.2, 0.25) is 0 Å². The number of carbonyl (C=O) groups is 4. The molecule has 2 atom stereocenters. The summed E-state index contributed by atoms with van der Waals surface area (Å²) in [6, 6.07) is 6.05. The van der Waals surface area contributed by atoms with Gasteiger partial charge in [-0.15, -0.1) is 0 Å². The van der Waals surface area contributed by atoms with E-state index in [1.165, 1.54) is 32.0 Å². The maximum Gasteiger partial charge on any atom is 0.170 e. The van der Waals surface area contributed by atoms with Crippen LogP contribution in [-0.4, -0.2) is 23.1 Å². The number of hydrogen-bond acceptors (Lipinski definition) is 6. The first-order valence-corrected chi connectivity index (χ1v) is 9.22. The van der Waals surface area contributed by atoms with Gasteiger partial charge in [0, 0.05) is 10.8 Å². The Kier molecular flexibility index (Phi) is 6.25. The maximum absolute atomic E-state index is 13.0. The van der Waals surface area contributed by atoms with Crippen LogP contribution in [0.1, 0.15) is 66.5 Å². The second kappa shape index (κ2) is 7.33. The van der Waals surface area contributed by atoms with Gasteiger partial charge in [-0.05, 0) is 25.0 Å². The van der Waals surface area contributed by atoms with Gasteiger partial charge < -0.3 is 11.5 Å². The minimum atomic E-state index is -1.91. The van der Waals surface area contributed by atoms with Crippen molar-refractivity contribution in [3.8, 4) is 0 Å². The van der Waals surface area contributed by atoms with Gasteiger partial charge >= 0.3 is 0 Å². The molecule has 0 aliphatic rings. The number of rotatable bonds is 6. The molecule has 0 aliphatic heterocycles. The van der Waals surface area contributed by atoms with Gasteiger partial charge in [-0.25, -0.2) is 0 Å². The summed E-state index contributed by atoms with van der Waals surface area (Å²) in [5.41, 5.74) is 7.51. The fourth-order valence-corrected chi connectivity index (χ4v) is 3.18. The molecule has 0 saturated carbocycles. The number of ketones is 4. The summed E-state index contributed by atoms with van der Waals surface area (Å²) in [5.74, 6) is -1.98. The SMILES string of the molecule is CC(=O)C(N)(C(=O)C(C)(C)C)c1cccc(C(N)(C(C)=O)C(=O)C(C)(C)C)c1. The van der Waals surface area contributed by atoms with Crippen molar-refractivity contribution in [1.29, 1.82) is 0 Å². The molecule has 1 aromatic rings. The molecule has 6 nitrogen and oxygen atoms in total. The van der Waals surface area contributed by atoms with Crippen molar-refractivity contribution in [2.45, 2.75) is 66.5 Å². The lowest BCUT2D eigenvalue weighted by Gasteiger charge is -2.35. The Morgan fingerprint density at radius 1 is 0.679 bits per heavy atom. The Balaban J connectivity index is 3.77. The first-order chi connectivity index (χ1) is 12.4. The topological polar surface area (TPSA) is 120 Å². The number of hydrogen-bond donors (Lipinski definition) is 2. The van der Waals surface area contributed by atoms with E-state index in [4.69, 9.17) is 11.5 Å². The molecule has 1 aromatic carbocycles. The molecule has 6 heteroatoms. The van der Waals surface area contributed by atoms with Gasteiger partial charge in [0.25, 0.3) is 0 Å².